The number of halogens is 3. The van der Waals surface area contributed by atoms with Crippen LogP contribution in [0.5, 0.6) is 0 Å². The van der Waals surface area contributed by atoms with Gasteiger partial charge in [-0.1, -0.05) is 33.6 Å². The second-order valence-corrected chi connectivity index (χ2v) is 6.60. The smallest absolute Gasteiger partial charge is 0.115 e. The third-order valence-electron chi connectivity index (χ3n) is 3.30. The highest BCUT2D eigenvalue weighted by atomic mass is 79.9. The zero-order chi connectivity index (χ0) is 15.0. The molecule has 1 heterocycles. The molecule has 0 aliphatic carbocycles. The van der Waals surface area contributed by atoms with Crippen LogP contribution >= 0.6 is 39.1 Å². The minimum atomic E-state index is 0.522. The molecule has 2 nitrogen and oxygen atoms in total. The lowest BCUT2D eigenvalue weighted by molar-refractivity contribution is 0.911. The Morgan fingerprint density at radius 1 is 1.24 bits per heavy atom. The number of hydrogen-bond donors (Lipinski definition) is 0. The van der Waals surface area contributed by atoms with Gasteiger partial charge >= 0.3 is 0 Å². The molecule has 0 aliphatic heterocycles. The summed E-state index contributed by atoms with van der Waals surface area (Å²) in [5.41, 5.74) is 4.03. The van der Waals surface area contributed by atoms with E-state index in [0.717, 1.165) is 27.0 Å². The molecule has 0 aliphatic rings. The SMILES string of the molecule is Cc1cc(Br)cc(-n2c(CCCl)nc3cccc(Cl)c32)c1. The summed E-state index contributed by atoms with van der Waals surface area (Å²) in [4.78, 5) is 4.68. The Bertz CT molecular complexity index is 791. The molecule has 5 heteroatoms. The number of fused-ring (bicyclic) bond motifs is 1. The van der Waals surface area contributed by atoms with Gasteiger partial charge in [-0.3, -0.25) is 4.57 Å². The number of alkyl halides is 1. The van der Waals surface area contributed by atoms with Crippen molar-refractivity contribution in [3.63, 3.8) is 0 Å². The molecule has 21 heavy (non-hydrogen) atoms. The molecule has 0 bridgehead atoms. The summed E-state index contributed by atoms with van der Waals surface area (Å²) in [6.45, 7) is 2.07. The standard InChI is InChI=1S/C16H13BrCl2N2/c1-10-7-11(17)9-12(8-10)21-15(5-6-18)20-14-4-2-3-13(19)16(14)21/h2-4,7-9H,5-6H2,1H3. The van der Waals surface area contributed by atoms with E-state index in [-0.39, 0.29) is 0 Å². The van der Waals surface area contributed by atoms with Crippen LogP contribution < -0.4 is 0 Å². The summed E-state index contributed by atoms with van der Waals surface area (Å²) in [5.74, 6) is 1.44. The van der Waals surface area contributed by atoms with Crippen molar-refractivity contribution >= 4 is 50.2 Å². The quantitative estimate of drug-likeness (QED) is 0.543. The van der Waals surface area contributed by atoms with Crippen LogP contribution in [-0.2, 0) is 6.42 Å². The van der Waals surface area contributed by atoms with Gasteiger partial charge in [-0.25, -0.2) is 4.98 Å². The molecule has 0 saturated heterocycles. The first-order valence-corrected chi connectivity index (χ1v) is 8.30. The molecule has 0 fully saturated rings. The molecule has 0 amide bonds. The lowest BCUT2D eigenvalue weighted by Crippen LogP contribution is -2.03. The van der Waals surface area contributed by atoms with Gasteiger partial charge in [0.2, 0.25) is 0 Å². The van der Waals surface area contributed by atoms with Crippen molar-refractivity contribution in [2.24, 2.45) is 0 Å². The Hall–Kier alpha value is -1.03. The first kappa shape index (κ1) is 14.9. The Morgan fingerprint density at radius 2 is 2.05 bits per heavy atom. The molecule has 0 spiro atoms. The van der Waals surface area contributed by atoms with Crippen molar-refractivity contribution < 1.29 is 0 Å². The van der Waals surface area contributed by atoms with Gasteiger partial charge in [-0.15, -0.1) is 11.6 Å². The molecule has 3 aromatic rings. The summed E-state index contributed by atoms with van der Waals surface area (Å²) in [6, 6.07) is 12.0. The Balaban J connectivity index is 2.35. The van der Waals surface area contributed by atoms with Gasteiger partial charge in [0, 0.05) is 22.5 Å². The van der Waals surface area contributed by atoms with E-state index < -0.39 is 0 Å². The van der Waals surface area contributed by atoms with Gasteiger partial charge in [0.05, 0.1) is 16.1 Å². The summed E-state index contributed by atoms with van der Waals surface area (Å²) in [5, 5.41) is 0.693. The number of hydrogen-bond acceptors (Lipinski definition) is 1. The third-order valence-corrected chi connectivity index (χ3v) is 4.25. The maximum Gasteiger partial charge on any atom is 0.115 e. The fourth-order valence-corrected chi connectivity index (χ4v) is 3.53. The van der Waals surface area contributed by atoms with Crippen molar-refractivity contribution in [1.82, 2.24) is 9.55 Å². The minimum Gasteiger partial charge on any atom is -0.295 e. The van der Waals surface area contributed by atoms with Crippen LogP contribution in [0.1, 0.15) is 11.4 Å². The molecule has 2 aromatic carbocycles. The van der Waals surface area contributed by atoms with Gasteiger partial charge < -0.3 is 0 Å². The van der Waals surface area contributed by atoms with Crippen LogP contribution in [-0.4, -0.2) is 15.4 Å². The summed E-state index contributed by atoms with van der Waals surface area (Å²) in [7, 11) is 0. The molecule has 0 saturated carbocycles. The molecular weight excluding hydrogens is 371 g/mol. The summed E-state index contributed by atoms with van der Waals surface area (Å²) >= 11 is 15.9. The van der Waals surface area contributed by atoms with Crippen molar-refractivity contribution in [1.29, 1.82) is 0 Å². The predicted molar refractivity (Wildman–Crippen MR) is 92.9 cm³/mol. The summed E-state index contributed by atoms with van der Waals surface area (Å²) < 4.78 is 3.13. The van der Waals surface area contributed by atoms with E-state index in [4.69, 9.17) is 23.2 Å². The number of imidazole rings is 1. The summed E-state index contributed by atoms with van der Waals surface area (Å²) in [6.07, 6.45) is 0.693. The highest BCUT2D eigenvalue weighted by molar-refractivity contribution is 9.10. The maximum absolute atomic E-state index is 6.40. The van der Waals surface area contributed by atoms with Crippen LogP contribution in [0.25, 0.3) is 16.7 Å². The molecule has 0 radical (unpaired) electrons. The van der Waals surface area contributed by atoms with Gasteiger partial charge in [-0.05, 0) is 42.8 Å². The first-order valence-electron chi connectivity index (χ1n) is 6.59. The van der Waals surface area contributed by atoms with Gasteiger partial charge in [-0.2, -0.15) is 0 Å². The fourth-order valence-electron chi connectivity index (χ4n) is 2.51. The topological polar surface area (TPSA) is 17.8 Å². The molecule has 0 atom stereocenters. The molecule has 1 aromatic heterocycles. The average Bonchev–Trinajstić information content (AvgIpc) is 2.77. The molecule has 3 rings (SSSR count). The number of para-hydroxylation sites is 1. The average molecular weight is 384 g/mol. The molecular formula is C16H13BrCl2N2. The third kappa shape index (κ3) is 2.83. The molecule has 0 unspecified atom stereocenters. The van der Waals surface area contributed by atoms with E-state index >= 15 is 0 Å². The second-order valence-electron chi connectivity index (χ2n) is 4.90. The van der Waals surface area contributed by atoms with E-state index in [0.29, 0.717) is 17.3 Å². The Labute approximate surface area is 141 Å². The lowest BCUT2D eigenvalue weighted by Gasteiger charge is -2.11. The van der Waals surface area contributed by atoms with E-state index in [2.05, 4.69) is 50.6 Å². The number of benzene rings is 2. The maximum atomic E-state index is 6.40. The highest BCUT2D eigenvalue weighted by Crippen LogP contribution is 2.30. The van der Waals surface area contributed by atoms with Gasteiger partial charge in [0.25, 0.3) is 0 Å². The van der Waals surface area contributed by atoms with Crippen LogP contribution in [0.3, 0.4) is 0 Å². The number of aryl methyl sites for hydroxylation is 2. The van der Waals surface area contributed by atoms with Crippen molar-refractivity contribution in [3.05, 3.63) is 57.3 Å². The fraction of sp³-hybridized carbons (Fsp3) is 0.188. The van der Waals surface area contributed by atoms with E-state index in [1.54, 1.807) is 0 Å². The monoisotopic (exact) mass is 382 g/mol. The van der Waals surface area contributed by atoms with Crippen LogP contribution in [0.15, 0.2) is 40.9 Å². The van der Waals surface area contributed by atoms with E-state index in [1.807, 2.05) is 18.2 Å². The first-order chi connectivity index (χ1) is 10.1. The number of rotatable bonds is 3. The highest BCUT2D eigenvalue weighted by Gasteiger charge is 2.15. The number of aromatic nitrogens is 2. The van der Waals surface area contributed by atoms with E-state index in [1.165, 1.54) is 5.56 Å². The second kappa shape index (κ2) is 5.99. The zero-order valence-electron chi connectivity index (χ0n) is 11.4. The molecule has 0 N–H and O–H groups in total. The zero-order valence-corrected chi connectivity index (χ0v) is 14.5. The van der Waals surface area contributed by atoms with Crippen molar-refractivity contribution in [3.8, 4) is 5.69 Å². The van der Waals surface area contributed by atoms with Crippen molar-refractivity contribution in [2.45, 2.75) is 13.3 Å². The Kier molecular flexibility index (Phi) is 4.25. The van der Waals surface area contributed by atoms with Gasteiger partial charge in [0.1, 0.15) is 5.82 Å². The minimum absolute atomic E-state index is 0.522. The predicted octanol–water partition coefficient (Wildman–Crippen LogP) is 5.53. The Morgan fingerprint density at radius 3 is 2.76 bits per heavy atom. The molecule has 108 valence electrons. The normalized spacial score (nSPS) is 11.2. The number of nitrogens with zero attached hydrogens (tertiary/aromatic N) is 2. The van der Waals surface area contributed by atoms with Crippen LogP contribution in [0.4, 0.5) is 0 Å². The van der Waals surface area contributed by atoms with Crippen molar-refractivity contribution in [2.75, 3.05) is 5.88 Å². The van der Waals surface area contributed by atoms with E-state index in [9.17, 15) is 0 Å². The lowest BCUT2D eigenvalue weighted by atomic mass is 10.2. The largest absolute Gasteiger partial charge is 0.295 e. The van der Waals surface area contributed by atoms with Crippen LogP contribution in [0, 0.1) is 6.92 Å². The van der Waals surface area contributed by atoms with Crippen LogP contribution in [0.2, 0.25) is 5.02 Å². The van der Waals surface area contributed by atoms with Gasteiger partial charge in [0.15, 0.2) is 0 Å².